The van der Waals surface area contributed by atoms with Crippen molar-refractivity contribution in [1.29, 1.82) is 0 Å². The van der Waals surface area contributed by atoms with Crippen LogP contribution in [0.3, 0.4) is 0 Å². The van der Waals surface area contributed by atoms with E-state index < -0.39 is 11.8 Å². The topological polar surface area (TPSA) is 130 Å². The third kappa shape index (κ3) is 8.36. The molecular weight excluding hydrogens is 677 g/mol. The zero-order chi connectivity index (χ0) is 35.9. The van der Waals surface area contributed by atoms with Crippen LogP contribution in [0.25, 0.3) is 17.0 Å². The Kier molecular flexibility index (Phi) is 11.3. The van der Waals surface area contributed by atoms with Gasteiger partial charge in [-0.25, -0.2) is 9.97 Å². The van der Waals surface area contributed by atoms with E-state index in [1.807, 2.05) is 50.2 Å². The summed E-state index contributed by atoms with van der Waals surface area (Å²) in [5.41, 5.74) is 5.17. The fourth-order valence-electron chi connectivity index (χ4n) is 5.07. The summed E-state index contributed by atoms with van der Waals surface area (Å²) in [6.45, 7) is 3.43. The summed E-state index contributed by atoms with van der Waals surface area (Å²) in [6, 6.07) is 17.7. The number of halogens is 2. The van der Waals surface area contributed by atoms with Crippen molar-refractivity contribution >= 4 is 75.1 Å². The highest BCUT2D eigenvalue weighted by Gasteiger charge is 2.20. The number of rotatable bonds is 11. The van der Waals surface area contributed by atoms with E-state index in [0.29, 0.717) is 50.2 Å². The SMILES string of the molecule is Cc1cc(N(C)C)c2cccc(OCc3c(Cl)ccc(N(C)C(=O)CNC(=O)/C=C/c4ccc(NC(=O)c5cccnc5C)nc4)c3Cl)c2n1. The Bertz CT molecular complexity index is 2100. The molecule has 3 amide bonds. The molecule has 0 aliphatic carbocycles. The molecule has 2 N–H and O–H groups in total. The van der Waals surface area contributed by atoms with Crippen molar-refractivity contribution in [3.8, 4) is 5.75 Å². The van der Waals surface area contributed by atoms with Gasteiger partial charge >= 0.3 is 0 Å². The van der Waals surface area contributed by atoms with Crippen LogP contribution in [0.5, 0.6) is 5.75 Å². The maximum absolute atomic E-state index is 13.1. The highest BCUT2D eigenvalue weighted by molar-refractivity contribution is 6.38. The second-order valence-electron chi connectivity index (χ2n) is 11.5. The molecule has 256 valence electrons. The van der Waals surface area contributed by atoms with Crippen LogP contribution in [-0.4, -0.2) is 60.4 Å². The first-order valence-electron chi connectivity index (χ1n) is 15.5. The average Bonchev–Trinajstić information content (AvgIpc) is 3.09. The van der Waals surface area contributed by atoms with Gasteiger partial charge in [-0.3, -0.25) is 19.4 Å². The Labute approximate surface area is 299 Å². The van der Waals surface area contributed by atoms with E-state index in [-0.39, 0.29) is 24.1 Å². The number of likely N-dealkylation sites (N-methyl/N-ethyl adjacent to an activating group) is 1. The molecule has 0 aliphatic rings. The molecule has 0 spiro atoms. The van der Waals surface area contributed by atoms with Gasteiger partial charge in [-0.05, 0) is 74.0 Å². The van der Waals surface area contributed by atoms with Crippen LogP contribution in [-0.2, 0) is 16.2 Å². The number of nitrogens with one attached hydrogen (secondary N) is 2. The molecule has 3 aromatic heterocycles. The highest BCUT2D eigenvalue weighted by Crippen LogP contribution is 2.36. The van der Waals surface area contributed by atoms with Crippen LogP contribution in [0.4, 0.5) is 17.2 Å². The predicted octanol–water partition coefficient (Wildman–Crippen LogP) is 6.64. The number of hydrogen-bond acceptors (Lipinski definition) is 8. The number of aromatic nitrogens is 3. The zero-order valence-corrected chi connectivity index (χ0v) is 29.6. The van der Waals surface area contributed by atoms with Gasteiger partial charge in [-0.15, -0.1) is 0 Å². The number of benzene rings is 2. The first-order chi connectivity index (χ1) is 23.9. The van der Waals surface area contributed by atoms with Gasteiger partial charge in [0.2, 0.25) is 11.8 Å². The molecule has 0 radical (unpaired) electrons. The third-order valence-corrected chi connectivity index (χ3v) is 8.56. The van der Waals surface area contributed by atoms with E-state index in [4.69, 9.17) is 32.9 Å². The standard InChI is InChI=1S/C37H35Cl2N7O4/c1-22-18-30(45(3)4)26-8-6-10-31(36(26)43-22)50-21-27-28(38)13-14-29(35(27)39)46(5)34(48)20-42-33(47)16-12-24-11-15-32(41-19-24)44-37(49)25-9-7-17-40-23(25)2/h6-19H,20-21H2,1-5H3,(H,42,47)(H,41,44,49)/b16-12+. The molecule has 2 aromatic carbocycles. The molecule has 0 fully saturated rings. The van der Waals surface area contributed by atoms with Crippen molar-refractivity contribution < 1.29 is 19.1 Å². The van der Waals surface area contributed by atoms with E-state index in [1.54, 1.807) is 62.6 Å². The normalized spacial score (nSPS) is 11.0. The Morgan fingerprint density at radius 1 is 0.940 bits per heavy atom. The second-order valence-corrected chi connectivity index (χ2v) is 12.3. The van der Waals surface area contributed by atoms with E-state index in [1.165, 1.54) is 17.2 Å². The molecule has 0 saturated carbocycles. The fourth-order valence-corrected chi connectivity index (χ4v) is 5.68. The average molecular weight is 713 g/mol. The largest absolute Gasteiger partial charge is 0.487 e. The number of nitrogens with zero attached hydrogens (tertiary/aromatic N) is 5. The van der Waals surface area contributed by atoms with Crippen LogP contribution in [0.2, 0.25) is 10.0 Å². The minimum Gasteiger partial charge on any atom is -0.487 e. The van der Waals surface area contributed by atoms with Crippen LogP contribution in [0.1, 0.15) is 32.9 Å². The van der Waals surface area contributed by atoms with Gasteiger partial charge in [0.05, 0.1) is 22.8 Å². The van der Waals surface area contributed by atoms with Crippen molar-refractivity contribution in [2.45, 2.75) is 20.5 Å². The summed E-state index contributed by atoms with van der Waals surface area (Å²) >= 11 is 13.3. The summed E-state index contributed by atoms with van der Waals surface area (Å²) in [4.78, 5) is 54.5. The molecule has 11 nitrogen and oxygen atoms in total. The fraction of sp³-hybridized carbons (Fsp3) is 0.189. The van der Waals surface area contributed by atoms with E-state index in [2.05, 4.69) is 20.6 Å². The number of pyridine rings is 3. The van der Waals surface area contributed by atoms with Crippen LogP contribution < -0.4 is 25.2 Å². The quantitative estimate of drug-likeness (QED) is 0.146. The Morgan fingerprint density at radius 3 is 2.46 bits per heavy atom. The maximum atomic E-state index is 13.1. The lowest BCUT2D eigenvalue weighted by Gasteiger charge is -2.21. The van der Waals surface area contributed by atoms with Gasteiger partial charge in [0.15, 0.2) is 0 Å². The number of carbonyl (C=O) groups is 3. The second kappa shape index (κ2) is 15.8. The van der Waals surface area contributed by atoms with Gasteiger partial charge in [0.25, 0.3) is 5.91 Å². The van der Waals surface area contributed by atoms with Gasteiger partial charge in [-0.1, -0.05) is 35.3 Å². The number of amides is 3. The minimum atomic E-state index is -0.483. The number of fused-ring (bicyclic) bond motifs is 1. The molecule has 50 heavy (non-hydrogen) atoms. The van der Waals surface area contributed by atoms with E-state index in [9.17, 15) is 14.4 Å². The Balaban J connectivity index is 1.18. The van der Waals surface area contributed by atoms with Crippen molar-refractivity contribution in [2.75, 3.05) is 42.8 Å². The first-order valence-corrected chi connectivity index (χ1v) is 16.3. The number of aryl methyl sites for hydroxylation is 2. The molecule has 5 rings (SSSR count). The summed E-state index contributed by atoms with van der Waals surface area (Å²) < 4.78 is 6.20. The summed E-state index contributed by atoms with van der Waals surface area (Å²) in [5.74, 6) is -0.288. The van der Waals surface area contributed by atoms with Gasteiger partial charge < -0.3 is 25.2 Å². The molecule has 3 heterocycles. The molecule has 0 saturated heterocycles. The lowest BCUT2D eigenvalue weighted by Crippen LogP contribution is -2.37. The van der Waals surface area contributed by atoms with Gasteiger partial charge in [-0.2, -0.15) is 0 Å². The monoisotopic (exact) mass is 711 g/mol. The summed E-state index contributed by atoms with van der Waals surface area (Å²) in [6.07, 6.45) is 5.96. The Hall–Kier alpha value is -5.52. The molecule has 0 aliphatic heterocycles. The first kappa shape index (κ1) is 35.8. The van der Waals surface area contributed by atoms with Crippen LogP contribution in [0, 0.1) is 13.8 Å². The van der Waals surface area contributed by atoms with E-state index >= 15 is 0 Å². The molecule has 0 unspecified atom stereocenters. The summed E-state index contributed by atoms with van der Waals surface area (Å²) in [5, 5.41) is 6.88. The lowest BCUT2D eigenvalue weighted by atomic mass is 10.1. The van der Waals surface area contributed by atoms with Crippen molar-refractivity contribution in [3.63, 3.8) is 0 Å². The van der Waals surface area contributed by atoms with Gasteiger partial charge in [0, 0.05) is 72.7 Å². The smallest absolute Gasteiger partial charge is 0.258 e. The maximum Gasteiger partial charge on any atom is 0.258 e. The highest BCUT2D eigenvalue weighted by atomic mass is 35.5. The van der Waals surface area contributed by atoms with Crippen molar-refractivity contribution in [2.24, 2.45) is 0 Å². The number of carbonyl (C=O) groups excluding carboxylic acids is 3. The number of para-hydroxylation sites is 1. The molecule has 5 aromatic rings. The molecular formula is C37H35Cl2N7O4. The Morgan fingerprint density at radius 2 is 1.74 bits per heavy atom. The lowest BCUT2D eigenvalue weighted by molar-refractivity contribution is -0.122. The molecule has 0 bridgehead atoms. The van der Waals surface area contributed by atoms with Crippen LogP contribution >= 0.6 is 23.2 Å². The number of anilines is 3. The molecule has 0 atom stereocenters. The molecule has 13 heteroatoms. The number of ether oxygens (including phenoxy) is 1. The summed E-state index contributed by atoms with van der Waals surface area (Å²) in [7, 11) is 5.51. The zero-order valence-electron chi connectivity index (χ0n) is 28.1. The van der Waals surface area contributed by atoms with Gasteiger partial charge in [0.1, 0.15) is 23.7 Å². The van der Waals surface area contributed by atoms with E-state index in [0.717, 1.165) is 16.8 Å². The predicted molar refractivity (Wildman–Crippen MR) is 198 cm³/mol. The van der Waals surface area contributed by atoms with Crippen LogP contribution in [0.15, 0.2) is 79.1 Å². The van der Waals surface area contributed by atoms with Crippen molar-refractivity contribution in [1.82, 2.24) is 20.3 Å². The number of hydrogen-bond donors (Lipinski definition) is 2. The minimum absolute atomic E-state index is 0.0352. The van der Waals surface area contributed by atoms with Crippen molar-refractivity contribution in [3.05, 3.63) is 117 Å². The third-order valence-electron chi connectivity index (χ3n) is 7.78.